The molecule has 0 atom stereocenters. The van der Waals surface area contributed by atoms with Crippen LogP contribution in [0.25, 0.3) is 0 Å². The van der Waals surface area contributed by atoms with Gasteiger partial charge in [-0.2, -0.15) is 0 Å². The molecule has 0 amide bonds. The lowest BCUT2D eigenvalue weighted by Gasteiger charge is -2.36. The quantitative estimate of drug-likeness (QED) is 0.830. The Morgan fingerprint density at radius 3 is 2.55 bits per heavy atom. The number of likely N-dealkylation sites (N-methyl/N-ethyl adjacent to an activating group) is 1. The third-order valence-electron chi connectivity index (χ3n) is 4.44. The summed E-state index contributed by atoms with van der Waals surface area (Å²) in [5.41, 5.74) is 2.02. The highest BCUT2D eigenvalue weighted by atomic mass is 16.1. The monoisotopic (exact) mass is 273 g/mol. The Balaban J connectivity index is 1.61. The Hall–Kier alpha value is -1.39. The summed E-state index contributed by atoms with van der Waals surface area (Å²) in [7, 11) is 2.18. The Morgan fingerprint density at radius 2 is 1.75 bits per heavy atom. The lowest BCUT2D eigenvalue weighted by molar-refractivity contribution is 0.0979. The first kappa shape index (κ1) is 13.6. The van der Waals surface area contributed by atoms with Crippen LogP contribution in [0.5, 0.6) is 0 Å². The van der Waals surface area contributed by atoms with Crippen LogP contribution in [0.15, 0.2) is 24.3 Å². The summed E-state index contributed by atoms with van der Waals surface area (Å²) in [5.74, 6) is 0.288. The second-order valence-electron chi connectivity index (χ2n) is 5.82. The van der Waals surface area contributed by atoms with Gasteiger partial charge in [0, 0.05) is 63.5 Å². The number of anilines is 1. The van der Waals surface area contributed by atoms with Crippen LogP contribution in [0.4, 0.5) is 5.69 Å². The molecule has 1 aromatic carbocycles. The maximum atomic E-state index is 11.9. The molecular formula is C16H23N3O. The molecule has 0 saturated carbocycles. The van der Waals surface area contributed by atoms with Crippen molar-refractivity contribution >= 4 is 11.5 Å². The van der Waals surface area contributed by atoms with Crippen molar-refractivity contribution in [2.24, 2.45) is 0 Å². The first-order valence-electron chi connectivity index (χ1n) is 7.52. The summed E-state index contributed by atoms with van der Waals surface area (Å²) in [6, 6.07) is 8.02. The van der Waals surface area contributed by atoms with Crippen LogP contribution < -0.4 is 4.90 Å². The van der Waals surface area contributed by atoms with Crippen molar-refractivity contribution in [2.75, 3.05) is 57.8 Å². The zero-order valence-electron chi connectivity index (χ0n) is 12.2. The number of para-hydroxylation sites is 1. The third-order valence-corrected chi connectivity index (χ3v) is 4.44. The van der Waals surface area contributed by atoms with Crippen molar-refractivity contribution in [3.05, 3.63) is 29.8 Å². The topological polar surface area (TPSA) is 26.8 Å². The number of Topliss-reactive ketones (excluding diaryl/α,β-unsaturated/α-hetero) is 1. The summed E-state index contributed by atoms with van der Waals surface area (Å²) in [5, 5.41) is 0. The number of piperazine rings is 1. The van der Waals surface area contributed by atoms with E-state index in [9.17, 15) is 4.79 Å². The zero-order chi connectivity index (χ0) is 13.9. The molecule has 4 nitrogen and oxygen atoms in total. The normalized spacial score (nSPS) is 21.1. The van der Waals surface area contributed by atoms with E-state index >= 15 is 0 Å². The second-order valence-corrected chi connectivity index (χ2v) is 5.82. The van der Waals surface area contributed by atoms with Gasteiger partial charge >= 0.3 is 0 Å². The minimum absolute atomic E-state index is 0.288. The van der Waals surface area contributed by atoms with E-state index < -0.39 is 0 Å². The number of nitrogens with zero attached hydrogens (tertiary/aromatic N) is 3. The van der Waals surface area contributed by atoms with Crippen LogP contribution in [-0.2, 0) is 0 Å². The summed E-state index contributed by atoms with van der Waals surface area (Å²) in [4.78, 5) is 19.2. The van der Waals surface area contributed by atoms with Crippen LogP contribution in [0.3, 0.4) is 0 Å². The average Bonchev–Trinajstić information content (AvgIpc) is 2.49. The minimum atomic E-state index is 0.288. The predicted molar refractivity (Wildman–Crippen MR) is 81.5 cm³/mol. The van der Waals surface area contributed by atoms with E-state index in [2.05, 4.69) is 27.8 Å². The van der Waals surface area contributed by atoms with Crippen LogP contribution in [0.2, 0.25) is 0 Å². The van der Waals surface area contributed by atoms with Crippen LogP contribution >= 0.6 is 0 Å². The molecule has 2 heterocycles. The van der Waals surface area contributed by atoms with E-state index in [-0.39, 0.29) is 5.78 Å². The molecular weight excluding hydrogens is 250 g/mol. The Labute approximate surface area is 121 Å². The fourth-order valence-corrected chi connectivity index (χ4v) is 3.04. The second kappa shape index (κ2) is 5.94. The fraction of sp³-hybridized carbons (Fsp3) is 0.562. The highest BCUT2D eigenvalue weighted by molar-refractivity contribution is 6.03. The predicted octanol–water partition coefficient (Wildman–Crippen LogP) is 1.33. The van der Waals surface area contributed by atoms with Gasteiger partial charge in [0.15, 0.2) is 5.78 Å². The van der Waals surface area contributed by atoms with Gasteiger partial charge in [-0.3, -0.25) is 9.69 Å². The SMILES string of the molecule is CN1CCN(CCN2CCC(=O)c3ccccc32)CC1. The minimum Gasteiger partial charge on any atom is -0.369 e. The van der Waals surface area contributed by atoms with Gasteiger partial charge in [0.1, 0.15) is 0 Å². The van der Waals surface area contributed by atoms with Crippen molar-refractivity contribution in [1.82, 2.24) is 9.80 Å². The van der Waals surface area contributed by atoms with E-state index in [0.29, 0.717) is 6.42 Å². The molecule has 0 spiro atoms. The molecule has 0 bridgehead atoms. The Bertz CT molecular complexity index is 480. The number of carbonyl (C=O) groups is 1. The van der Waals surface area contributed by atoms with E-state index in [1.54, 1.807) is 0 Å². The summed E-state index contributed by atoms with van der Waals surface area (Å²) in [6.45, 7) is 7.62. The largest absolute Gasteiger partial charge is 0.369 e. The van der Waals surface area contributed by atoms with Crippen molar-refractivity contribution in [3.63, 3.8) is 0 Å². The van der Waals surface area contributed by atoms with E-state index in [4.69, 9.17) is 0 Å². The van der Waals surface area contributed by atoms with E-state index in [1.165, 1.54) is 0 Å². The van der Waals surface area contributed by atoms with Gasteiger partial charge in [0.25, 0.3) is 0 Å². The number of ketones is 1. The molecule has 0 radical (unpaired) electrons. The maximum absolute atomic E-state index is 11.9. The number of hydrogen-bond donors (Lipinski definition) is 0. The molecule has 1 saturated heterocycles. The highest BCUT2D eigenvalue weighted by Crippen LogP contribution is 2.26. The van der Waals surface area contributed by atoms with Crippen molar-refractivity contribution < 1.29 is 4.79 Å². The van der Waals surface area contributed by atoms with E-state index in [1.807, 2.05) is 18.2 Å². The lowest BCUT2D eigenvalue weighted by Crippen LogP contribution is -2.47. The van der Waals surface area contributed by atoms with Gasteiger partial charge in [-0.1, -0.05) is 12.1 Å². The van der Waals surface area contributed by atoms with Gasteiger partial charge in [-0.25, -0.2) is 0 Å². The average molecular weight is 273 g/mol. The number of carbonyl (C=O) groups excluding carboxylic acids is 1. The van der Waals surface area contributed by atoms with Gasteiger partial charge in [-0.05, 0) is 19.2 Å². The van der Waals surface area contributed by atoms with Gasteiger partial charge in [0.2, 0.25) is 0 Å². The molecule has 2 aliphatic rings. The summed E-state index contributed by atoms with van der Waals surface area (Å²) < 4.78 is 0. The zero-order valence-corrected chi connectivity index (χ0v) is 12.2. The number of benzene rings is 1. The molecule has 3 rings (SSSR count). The molecule has 4 heteroatoms. The van der Waals surface area contributed by atoms with E-state index in [0.717, 1.165) is 57.1 Å². The summed E-state index contributed by atoms with van der Waals surface area (Å²) >= 11 is 0. The van der Waals surface area contributed by atoms with Crippen LogP contribution in [0.1, 0.15) is 16.8 Å². The Kier molecular flexibility index (Phi) is 4.03. The Morgan fingerprint density at radius 1 is 1.00 bits per heavy atom. The molecule has 20 heavy (non-hydrogen) atoms. The van der Waals surface area contributed by atoms with Crippen LogP contribution in [0, 0.1) is 0 Å². The molecule has 2 aliphatic heterocycles. The maximum Gasteiger partial charge on any atom is 0.166 e. The lowest BCUT2D eigenvalue weighted by atomic mass is 10.0. The van der Waals surface area contributed by atoms with Crippen molar-refractivity contribution in [2.45, 2.75) is 6.42 Å². The molecule has 1 fully saturated rings. The molecule has 1 aromatic rings. The molecule has 0 aliphatic carbocycles. The van der Waals surface area contributed by atoms with Gasteiger partial charge in [0.05, 0.1) is 0 Å². The van der Waals surface area contributed by atoms with Crippen molar-refractivity contribution in [1.29, 1.82) is 0 Å². The fourth-order valence-electron chi connectivity index (χ4n) is 3.04. The molecule has 108 valence electrons. The smallest absolute Gasteiger partial charge is 0.166 e. The first-order valence-corrected chi connectivity index (χ1v) is 7.52. The highest BCUT2D eigenvalue weighted by Gasteiger charge is 2.23. The van der Waals surface area contributed by atoms with Gasteiger partial charge < -0.3 is 9.80 Å². The van der Waals surface area contributed by atoms with Gasteiger partial charge in [-0.15, -0.1) is 0 Å². The number of fused-ring (bicyclic) bond motifs is 1. The molecule has 0 unspecified atom stereocenters. The number of rotatable bonds is 3. The number of hydrogen-bond acceptors (Lipinski definition) is 4. The third kappa shape index (κ3) is 2.86. The molecule has 0 N–H and O–H groups in total. The first-order chi connectivity index (χ1) is 9.74. The standard InChI is InChI=1S/C16H23N3O/c1-17-8-10-18(11-9-17)12-13-19-7-6-16(20)14-4-2-3-5-15(14)19/h2-5H,6-13H2,1H3. The summed E-state index contributed by atoms with van der Waals surface area (Å²) in [6.07, 6.45) is 0.653. The van der Waals surface area contributed by atoms with Crippen molar-refractivity contribution in [3.8, 4) is 0 Å². The molecule has 0 aromatic heterocycles. The van der Waals surface area contributed by atoms with Crippen LogP contribution in [-0.4, -0.2) is 68.4 Å².